The lowest BCUT2D eigenvalue weighted by Gasteiger charge is -2.28. The predicted molar refractivity (Wildman–Crippen MR) is 79.0 cm³/mol. The minimum atomic E-state index is -0.348. The van der Waals surface area contributed by atoms with Gasteiger partial charge < -0.3 is 5.11 Å². The Labute approximate surface area is 122 Å². The summed E-state index contributed by atoms with van der Waals surface area (Å²) in [5.74, 6) is 0.262. The molecule has 0 radical (unpaired) electrons. The molecule has 1 N–H and O–H groups in total. The van der Waals surface area contributed by atoms with Crippen molar-refractivity contribution in [1.29, 1.82) is 0 Å². The molecule has 0 bridgehead atoms. The maximum absolute atomic E-state index is 10.9. The molecule has 0 spiro atoms. The molecule has 2 aromatic rings. The van der Waals surface area contributed by atoms with E-state index < -0.39 is 0 Å². The highest BCUT2D eigenvalue weighted by Crippen LogP contribution is 2.25. The molecule has 5 nitrogen and oxygen atoms in total. The SMILES string of the molecule is O=[N+]([O-])c1ccc2c(c1)CN(Cc1ccc(O)cc1)CC2. The highest BCUT2D eigenvalue weighted by Gasteiger charge is 2.19. The molecule has 0 amide bonds. The van der Waals surface area contributed by atoms with Gasteiger partial charge in [-0.15, -0.1) is 0 Å². The number of benzene rings is 2. The Kier molecular flexibility index (Phi) is 3.58. The molecule has 21 heavy (non-hydrogen) atoms. The van der Waals surface area contributed by atoms with Crippen LogP contribution in [0.15, 0.2) is 42.5 Å². The van der Waals surface area contributed by atoms with Crippen LogP contribution in [-0.2, 0) is 19.5 Å². The standard InChI is InChI=1S/C16H16N2O3/c19-16-5-1-12(2-6-16)10-17-8-7-13-3-4-15(18(20)21)9-14(13)11-17/h1-6,9,19H,7-8,10-11H2. The minimum Gasteiger partial charge on any atom is -0.508 e. The van der Waals surface area contributed by atoms with Crippen LogP contribution in [0.3, 0.4) is 0 Å². The Morgan fingerprint density at radius 2 is 1.90 bits per heavy atom. The summed E-state index contributed by atoms with van der Waals surface area (Å²) >= 11 is 0. The largest absolute Gasteiger partial charge is 0.508 e. The van der Waals surface area contributed by atoms with Crippen LogP contribution in [0.1, 0.15) is 16.7 Å². The van der Waals surface area contributed by atoms with Crippen LogP contribution in [-0.4, -0.2) is 21.5 Å². The average molecular weight is 284 g/mol. The molecular weight excluding hydrogens is 268 g/mol. The van der Waals surface area contributed by atoms with Crippen molar-refractivity contribution in [2.45, 2.75) is 19.5 Å². The zero-order valence-electron chi connectivity index (χ0n) is 11.5. The Hall–Kier alpha value is -2.40. The van der Waals surface area contributed by atoms with Crippen molar-refractivity contribution < 1.29 is 10.0 Å². The van der Waals surface area contributed by atoms with E-state index in [-0.39, 0.29) is 16.4 Å². The third kappa shape index (κ3) is 3.03. The molecule has 0 saturated heterocycles. The molecule has 0 atom stereocenters. The van der Waals surface area contributed by atoms with Gasteiger partial charge in [0.25, 0.3) is 5.69 Å². The number of fused-ring (bicyclic) bond motifs is 1. The summed E-state index contributed by atoms with van der Waals surface area (Å²) in [5, 5.41) is 20.2. The molecule has 0 aliphatic carbocycles. The molecule has 1 aliphatic rings. The Morgan fingerprint density at radius 1 is 1.14 bits per heavy atom. The monoisotopic (exact) mass is 284 g/mol. The molecule has 0 fully saturated rings. The van der Waals surface area contributed by atoms with Crippen LogP contribution in [0, 0.1) is 10.1 Å². The highest BCUT2D eigenvalue weighted by molar-refractivity contribution is 5.41. The molecule has 5 heteroatoms. The van der Waals surface area contributed by atoms with E-state index >= 15 is 0 Å². The second-order valence-electron chi connectivity index (χ2n) is 5.34. The van der Waals surface area contributed by atoms with E-state index in [2.05, 4.69) is 4.90 Å². The topological polar surface area (TPSA) is 66.6 Å². The fourth-order valence-corrected chi connectivity index (χ4v) is 2.71. The van der Waals surface area contributed by atoms with Crippen molar-refractivity contribution in [3.8, 4) is 5.75 Å². The molecule has 108 valence electrons. The predicted octanol–water partition coefficient (Wildman–Crippen LogP) is 2.86. The maximum atomic E-state index is 10.9. The summed E-state index contributed by atoms with van der Waals surface area (Å²) in [6.45, 7) is 2.44. The lowest BCUT2D eigenvalue weighted by molar-refractivity contribution is -0.385. The van der Waals surface area contributed by atoms with Gasteiger partial charge in [0, 0.05) is 31.8 Å². The average Bonchev–Trinajstić information content (AvgIpc) is 2.49. The van der Waals surface area contributed by atoms with Gasteiger partial charge in [-0.1, -0.05) is 18.2 Å². The maximum Gasteiger partial charge on any atom is 0.269 e. The first-order chi connectivity index (χ1) is 10.1. The third-order valence-electron chi connectivity index (χ3n) is 3.83. The van der Waals surface area contributed by atoms with Crippen molar-refractivity contribution in [2.75, 3.05) is 6.54 Å². The van der Waals surface area contributed by atoms with E-state index in [1.165, 1.54) is 5.56 Å². The van der Waals surface area contributed by atoms with Crippen molar-refractivity contribution in [3.63, 3.8) is 0 Å². The fraction of sp³-hybridized carbons (Fsp3) is 0.250. The van der Waals surface area contributed by atoms with Crippen molar-refractivity contribution in [3.05, 3.63) is 69.3 Å². The smallest absolute Gasteiger partial charge is 0.269 e. The fourth-order valence-electron chi connectivity index (χ4n) is 2.71. The van der Waals surface area contributed by atoms with Gasteiger partial charge in [-0.05, 0) is 35.2 Å². The molecule has 1 aliphatic heterocycles. The summed E-state index contributed by atoms with van der Waals surface area (Å²) in [4.78, 5) is 12.8. The van der Waals surface area contributed by atoms with Gasteiger partial charge in [-0.3, -0.25) is 15.0 Å². The molecular formula is C16H16N2O3. The zero-order chi connectivity index (χ0) is 14.8. The lowest BCUT2D eigenvalue weighted by Crippen LogP contribution is -2.30. The number of nitro groups is 1. The van der Waals surface area contributed by atoms with Crippen LogP contribution in [0.4, 0.5) is 5.69 Å². The van der Waals surface area contributed by atoms with Gasteiger partial charge in [0.05, 0.1) is 4.92 Å². The second kappa shape index (κ2) is 5.54. The minimum absolute atomic E-state index is 0.153. The molecule has 0 saturated carbocycles. The summed E-state index contributed by atoms with van der Waals surface area (Å²) in [7, 11) is 0. The van der Waals surface area contributed by atoms with Gasteiger partial charge in [0.15, 0.2) is 0 Å². The number of phenols is 1. The first-order valence-electron chi connectivity index (χ1n) is 6.88. The van der Waals surface area contributed by atoms with Crippen LogP contribution in [0.5, 0.6) is 5.75 Å². The first kappa shape index (κ1) is 13.6. The van der Waals surface area contributed by atoms with E-state index in [1.54, 1.807) is 24.3 Å². The third-order valence-corrected chi connectivity index (χ3v) is 3.83. The molecule has 3 rings (SSSR count). The number of hydrogen-bond donors (Lipinski definition) is 1. The van der Waals surface area contributed by atoms with Crippen LogP contribution in [0.25, 0.3) is 0 Å². The van der Waals surface area contributed by atoms with Gasteiger partial charge >= 0.3 is 0 Å². The second-order valence-corrected chi connectivity index (χ2v) is 5.34. The highest BCUT2D eigenvalue weighted by atomic mass is 16.6. The summed E-state index contributed by atoms with van der Waals surface area (Å²) in [6.07, 6.45) is 0.908. The van der Waals surface area contributed by atoms with E-state index in [1.807, 2.05) is 18.2 Å². The van der Waals surface area contributed by atoms with Crippen molar-refractivity contribution >= 4 is 5.69 Å². The van der Waals surface area contributed by atoms with Gasteiger partial charge in [-0.2, -0.15) is 0 Å². The number of rotatable bonds is 3. The number of nitrogens with zero attached hydrogens (tertiary/aromatic N) is 2. The quantitative estimate of drug-likeness (QED) is 0.695. The van der Waals surface area contributed by atoms with Crippen LogP contribution in [0.2, 0.25) is 0 Å². The first-order valence-corrected chi connectivity index (χ1v) is 6.88. The van der Waals surface area contributed by atoms with Crippen LogP contribution >= 0.6 is 0 Å². The van der Waals surface area contributed by atoms with E-state index in [0.717, 1.165) is 37.2 Å². The van der Waals surface area contributed by atoms with Gasteiger partial charge in [0.1, 0.15) is 5.75 Å². The molecule has 0 unspecified atom stereocenters. The van der Waals surface area contributed by atoms with Crippen molar-refractivity contribution in [1.82, 2.24) is 4.90 Å². The Balaban J connectivity index is 1.75. The summed E-state index contributed by atoms with van der Waals surface area (Å²) in [6, 6.07) is 12.3. The molecule has 0 aromatic heterocycles. The normalized spacial score (nSPS) is 14.7. The van der Waals surface area contributed by atoms with E-state index in [9.17, 15) is 15.2 Å². The van der Waals surface area contributed by atoms with Gasteiger partial charge in [-0.25, -0.2) is 0 Å². The van der Waals surface area contributed by atoms with E-state index in [4.69, 9.17) is 0 Å². The number of aromatic hydroxyl groups is 1. The number of hydrogen-bond acceptors (Lipinski definition) is 4. The lowest BCUT2D eigenvalue weighted by atomic mass is 9.98. The van der Waals surface area contributed by atoms with E-state index in [0.29, 0.717) is 0 Å². The number of phenolic OH excluding ortho intramolecular Hbond substituents is 1. The molecule has 1 heterocycles. The number of nitro benzene ring substituents is 1. The summed E-state index contributed by atoms with van der Waals surface area (Å²) < 4.78 is 0. The summed E-state index contributed by atoms with van der Waals surface area (Å²) in [5.41, 5.74) is 3.51. The Morgan fingerprint density at radius 3 is 2.62 bits per heavy atom. The van der Waals surface area contributed by atoms with Gasteiger partial charge in [0.2, 0.25) is 0 Å². The molecule has 2 aromatic carbocycles. The Bertz CT molecular complexity index is 668. The zero-order valence-corrected chi connectivity index (χ0v) is 11.5. The van der Waals surface area contributed by atoms with Crippen molar-refractivity contribution in [2.24, 2.45) is 0 Å². The van der Waals surface area contributed by atoms with Crippen LogP contribution < -0.4 is 0 Å². The number of non-ortho nitro benzene ring substituents is 1.